The Bertz CT molecular complexity index is 839. The number of hydrogen-bond donors (Lipinski definition) is 1. The topological polar surface area (TPSA) is 71.0 Å². The second-order valence-corrected chi connectivity index (χ2v) is 5.81. The summed E-state index contributed by atoms with van der Waals surface area (Å²) in [7, 11) is 1.60. The lowest BCUT2D eigenvalue weighted by Gasteiger charge is -2.16. The fourth-order valence-corrected chi connectivity index (χ4v) is 2.18. The number of amides is 2. The van der Waals surface area contributed by atoms with Gasteiger partial charge in [0.05, 0.1) is 5.56 Å². The van der Waals surface area contributed by atoms with Crippen molar-refractivity contribution in [2.75, 3.05) is 19.0 Å². The van der Waals surface area contributed by atoms with Gasteiger partial charge in [-0.15, -0.1) is 0 Å². The number of alkyl halides is 3. The summed E-state index contributed by atoms with van der Waals surface area (Å²) in [5.74, 6) is -1.14. The first-order valence-electron chi connectivity index (χ1n) is 8.17. The minimum Gasteiger partial charge on any atom is -0.386 e. The molecule has 0 heterocycles. The molecule has 0 unspecified atom stereocenters. The summed E-state index contributed by atoms with van der Waals surface area (Å²) in [5.41, 5.74) is 0.0257. The van der Waals surface area contributed by atoms with Gasteiger partial charge in [0.25, 0.3) is 11.8 Å². The van der Waals surface area contributed by atoms with Gasteiger partial charge in [0.2, 0.25) is 0 Å². The maximum atomic E-state index is 12.6. The molecule has 0 aromatic heterocycles. The van der Waals surface area contributed by atoms with Gasteiger partial charge in [0, 0.05) is 19.3 Å². The highest BCUT2D eigenvalue weighted by atomic mass is 19.4. The largest absolute Gasteiger partial charge is 0.416 e. The van der Waals surface area contributed by atoms with Crippen molar-refractivity contribution in [3.05, 3.63) is 65.7 Å². The summed E-state index contributed by atoms with van der Waals surface area (Å²) >= 11 is 0. The molecule has 2 rings (SSSR count). The molecule has 0 aliphatic carbocycles. The van der Waals surface area contributed by atoms with Gasteiger partial charge in [0.1, 0.15) is 6.21 Å². The maximum absolute atomic E-state index is 12.6. The van der Waals surface area contributed by atoms with Crippen LogP contribution in [0.3, 0.4) is 0 Å². The molecule has 9 heteroatoms. The highest BCUT2D eigenvalue weighted by molar-refractivity contribution is 6.31. The Morgan fingerprint density at radius 3 is 2.54 bits per heavy atom. The molecular formula is C19H18F3N3O3. The summed E-state index contributed by atoms with van der Waals surface area (Å²) in [6, 6.07) is 13.5. The number of benzene rings is 2. The second kappa shape index (κ2) is 9.54. The van der Waals surface area contributed by atoms with Crippen molar-refractivity contribution < 1.29 is 27.6 Å². The average molecular weight is 393 g/mol. The standard InChI is InChI=1S/C19H18F3N3O3/c1-25(12-14-6-3-2-4-7-14)18(27)13-28-23-11-17(26)24-16-9-5-8-15(10-16)19(20,21)22/h2-11H,12-13H2,1H3,(H,24,26)/b23-11+. The molecule has 0 atom stereocenters. The van der Waals surface area contributed by atoms with Crippen LogP contribution in [0.1, 0.15) is 11.1 Å². The number of oxime groups is 1. The predicted octanol–water partition coefficient (Wildman–Crippen LogP) is 3.30. The molecule has 0 saturated carbocycles. The Hall–Kier alpha value is -3.36. The van der Waals surface area contributed by atoms with Crippen molar-refractivity contribution in [1.29, 1.82) is 0 Å². The molecule has 28 heavy (non-hydrogen) atoms. The first-order chi connectivity index (χ1) is 13.3. The maximum Gasteiger partial charge on any atom is 0.416 e. The molecule has 2 aromatic rings. The van der Waals surface area contributed by atoms with Crippen LogP contribution in [0, 0.1) is 0 Å². The molecule has 0 aliphatic heterocycles. The summed E-state index contributed by atoms with van der Waals surface area (Å²) < 4.78 is 37.9. The number of anilines is 1. The molecule has 2 aromatic carbocycles. The number of rotatable bonds is 7. The van der Waals surface area contributed by atoms with Gasteiger partial charge in [-0.3, -0.25) is 9.59 Å². The van der Waals surface area contributed by atoms with Crippen LogP contribution >= 0.6 is 0 Å². The lowest BCUT2D eigenvalue weighted by atomic mass is 10.2. The average Bonchev–Trinajstić information content (AvgIpc) is 2.65. The van der Waals surface area contributed by atoms with E-state index in [0.717, 1.165) is 23.9 Å². The van der Waals surface area contributed by atoms with E-state index in [2.05, 4.69) is 10.5 Å². The molecular weight excluding hydrogens is 375 g/mol. The Kier molecular flexibility index (Phi) is 7.14. The zero-order valence-electron chi connectivity index (χ0n) is 14.9. The second-order valence-electron chi connectivity index (χ2n) is 5.81. The molecule has 0 fully saturated rings. The van der Waals surface area contributed by atoms with E-state index >= 15 is 0 Å². The lowest BCUT2D eigenvalue weighted by Crippen LogP contribution is -2.29. The van der Waals surface area contributed by atoms with Crippen LogP contribution in [-0.2, 0) is 27.1 Å². The highest BCUT2D eigenvalue weighted by Gasteiger charge is 2.30. The molecule has 1 N–H and O–H groups in total. The van der Waals surface area contributed by atoms with Gasteiger partial charge in [0.15, 0.2) is 6.61 Å². The SMILES string of the molecule is CN(Cc1ccccc1)C(=O)CO/N=C/C(=O)Nc1cccc(C(F)(F)F)c1. The van der Waals surface area contributed by atoms with Gasteiger partial charge in [-0.25, -0.2) is 0 Å². The van der Waals surface area contributed by atoms with Crippen molar-refractivity contribution in [1.82, 2.24) is 4.90 Å². The van der Waals surface area contributed by atoms with Crippen LogP contribution < -0.4 is 5.32 Å². The van der Waals surface area contributed by atoms with E-state index in [1.165, 1.54) is 17.0 Å². The highest BCUT2D eigenvalue weighted by Crippen LogP contribution is 2.30. The third-order valence-corrected chi connectivity index (χ3v) is 3.58. The summed E-state index contributed by atoms with van der Waals surface area (Å²) in [5, 5.41) is 5.60. The predicted molar refractivity (Wildman–Crippen MR) is 97.4 cm³/mol. The Morgan fingerprint density at radius 1 is 1.14 bits per heavy atom. The monoisotopic (exact) mass is 393 g/mol. The van der Waals surface area contributed by atoms with E-state index < -0.39 is 17.6 Å². The van der Waals surface area contributed by atoms with Gasteiger partial charge >= 0.3 is 6.18 Å². The lowest BCUT2D eigenvalue weighted by molar-refractivity contribution is -0.137. The van der Waals surface area contributed by atoms with Crippen molar-refractivity contribution in [3.63, 3.8) is 0 Å². The number of halogens is 3. The Labute approximate surface area is 159 Å². The van der Waals surface area contributed by atoms with Crippen LogP contribution in [0.5, 0.6) is 0 Å². The molecule has 0 bridgehead atoms. The van der Waals surface area contributed by atoms with E-state index in [4.69, 9.17) is 4.84 Å². The Morgan fingerprint density at radius 2 is 1.86 bits per heavy atom. The van der Waals surface area contributed by atoms with Crippen molar-refractivity contribution in [3.8, 4) is 0 Å². The molecule has 6 nitrogen and oxygen atoms in total. The smallest absolute Gasteiger partial charge is 0.386 e. The first-order valence-corrected chi connectivity index (χ1v) is 8.17. The number of nitrogens with one attached hydrogen (secondary N) is 1. The van der Waals surface area contributed by atoms with Crippen molar-refractivity contribution in [2.24, 2.45) is 5.16 Å². The van der Waals surface area contributed by atoms with Crippen LogP contribution in [0.4, 0.5) is 18.9 Å². The summed E-state index contributed by atoms with van der Waals surface area (Å²) in [6.45, 7) is 0.0133. The minimum absolute atomic E-state index is 0.0371. The number of carbonyl (C=O) groups excluding carboxylic acids is 2. The summed E-state index contributed by atoms with van der Waals surface area (Å²) in [4.78, 5) is 29.8. The van der Waals surface area contributed by atoms with Gasteiger partial charge in [-0.05, 0) is 23.8 Å². The summed E-state index contributed by atoms with van der Waals surface area (Å²) in [6.07, 6.45) is -3.77. The van der Waals surface area contributed by atoms with Crippen molar-refractivity contribution >= 4 is 23.7 Å². The zero-order chi connectivity index (χ0) is 20.6. The van der Waals surface area contributed by atoms with Gasteiger partial charge in [-0.2, -0.15) is 13.2 Å². The molecule has 2 amide bonds. The fourth-order valence-electron chi connectivity index (χ4n) is 2.18. The molecule has 0 aliphatic rings. The van der Waals surface area contributed by atoms with Crippen LogP contribution in [0.25, 0.3) is 0 Å². The molecule has 0 radical (unpaired) electrons. The third kappa shape index (κ3) is 6.75. The third-order valence-electron chi connectivity index (χ3n) is 3.58. The molecule has 0 spiro atoms. The van der Waals surface area contributed by atoms with E-state index in [9.17, 15) is 22.8 Å². The van der Waals surface area contributed by atoms with Crippen LogP contribution in [0.2, 0.25) is 0 Å². The van der Waals surface area contributed by atoms with E-state index in [1.807, 2.05) is 30.3 Å². The number of likely N-dealkylation sites (N-methyl/N-ethyl adjacent to an activating group) is 1. The van der Waals surface area contributed by atoms with E-state index in [-0.39, 0.29) is 18.2 Å². The van der Waals surface area contributed by atoms with Crippen LogP contribution in [-0.4, -0.2) is 36.6 Å². The fraction of sp³-hybridized carbons (Fsp3) is 0.211. The van der Waals surface area contributed by atoms with Crippen LogP contribution in [0.15, 0.2) is 59.8 Å². The zero-order valence-corrected chi connectivity index (χ0v) is 14.9. The first kappa shape index (κ1) is 20.9. The number of carbonyl (C=O) groups is 2. The van der Waals surface area contributed by atoms with Gasteiger partial charge in [-0.1, -0.05) is 41.6 Å². The quantitative estimate of drug-likeness (QED) is 0.580. The number of nitrogens with zero attached hydrogens (tertiary/aromatic N) is 2. The van der Waals surface area contributed by atoms with E-state index in [1.54, 1.807) is 7.05 Å². The van der Waals surface area contributed by atoms with E-state index in [0.29, 0.717) is 6.54 Å². The number of hydrogen-bond acceptors (Lipinski definition) is 4. The Balaban J connectivity index is 1.78. The molecule has 148 valence electrons. The van der Waals surface area contributed by atoms with Gasteiger partial charge < -0.3 is 15.1 Å². The normalized spacial score (nSPS) is 11.3. The molecule has 0 saturated heterocycles. The van der Waals surface area contributed by atoms with Crippen molar-refractivity contribution in [2.45, 2.75) is 12.7 Å². The minimum atomic E-state index is -4.51.